The van der Waals surface area contributed by atoms with Gasteiger partial charge in [-0.25, -0.2) is 0 Å². The lowest BCUT2D eigenvalue weighted by Crippen LogP contribution is -2.30. The smallest absolute Gasteiger partial charge is 0.306 e. The van der Waals surface area contributed by atoms with Crippen LogP contribution in [0.25, 0.3) is 0 Å². The number of esters is 3. The van der Waals surface area contributed by atoms with Crippen LogP contribution in [0.4, 0.5) is 0 Å². The molecule has 0 saturated heterocycles. The van der Waals surface area contributed by atoms with Crippen molar-refractivity contribution in [3.8, 4) is 0 Å². The highest BCUT2D eigenvalue weighted by molar-refractivity contribution is 5.71. The molecule has 6 heteroatoms. The Hall–Kier alpha value is -2.63. The molecule has 0 aromatic heterocycles. The van der Waals surface area contributed by atoms with E-state index in [1.165, 1.54) is 141 Å². The zero-order chi connectivity index (χ0) is 45.8. The fourth-order valence-corrected chi connectivity index (χ4v) is 7.79. The van der Waals surface area contributed by atoms with E-state index in [1.807, 2.05) is 0 Å². The fraction of sp³-hybridized carbons (Fsp3) is 0.807. The second kappa shape index (κ2) is 52.0. The zero-order valence-corrected chi connectivity index (χ0v) is 41.8. The lowest BCUT2D eigenvalue weighted by molar-refractivity contribution is -0.167. The van der Waals surface area contributed by atoms with Gasteiger partial charge in [0.2, 0.25) is 0 Å². The van der Waals surface area contributed by atoms with Gasteiger partial charge in [-0.15, -0.1) is 0 Å². The third-order valence-electron chi connectivity index (χ3n) is 11.8. The van der Waals surface area contributed by atoms with Crippen LogP contribution >= 0.6 is 0 Å². The molecule has 0 heterocycles. The molecule has 0 amide bonds. The van der Waals surface area contributed by atoms with Gasteiger partial charge in [-0.2, -0.15) is 0 Å². The number of carbonyl (C=O) groups is 3. The van der Waals surface area contributed by atoms with Crippen LogP contribution in [0.1, 0.15) is 278 Å². The highest BCUT2D eigenvalue weighted by atomic mass is 16.6. The highest BCUT2D eigenvalue weighted by Crippen LogP contribution is 2.16. The van der Waals surface area contributed by atoms with Gasteiger partial charge in [0.25, 0.3) is 0 Å². The quantitative estimate of drug-likeness (QED) is 0.0262. The molecule has 0 spiro atoms. The standard InChI is InChI=1S/C57H102O6/c1-4-7-10-13-16-18-20-22-24-26-27-28-29-31-32-34-36-38-41-44-47-50-56(59)62-53-54(52-61-55(58)49-46-43-40-15-12-9-6-3)63-57(60)51-48-45-42-39-37-35-33-30-25-23-21-19-17-14-11-8-5-2/h8,11,17,19,23,25,33,35,54H,4-7,9-10,12-16,18,20-22,24,26-32,34,36-53H2,1-3H3/b11-8-,19-17-,25-23-,35-33-. The first kappa shape index (κ1) is 60.4. The number of carbonyl (C=O) groups excluding carboxylic acids is 3. The molecule has 0 aromatic rings. The molecule has 366 valence electrons. The van der Waals surface area contributed by atoms with Crippen molar-refractivity contribution >= 4 is 17.9 Å². The van der Waals surface area contributed by atoms with E-state index in [-0.39, 0.29) is 31.1 Å². The van der Waals surface area contributed by atoms with Gasteiger partial charge in [0.05, 0.1) is 0 Å². The normalized spacial score (nSPS) is 12.4. The van der Waals surface area contributed by atoms with Crippen LogP contribution in [-0.2, 0) is 28.6 Å². The summed E-state index contributed by atoms with van der Waals surface area (Å²) in [6.07, 6.45) is 62.7. The number of hydrogen-bond acceptors (Lipinski definition) is 6. The molecular formula is C57H102O6. The van der Waals surface area contributed by atoms with Gasteiger partial charge < -0.3 is 14.2 Å². The van der Waals surface area contributed by atoms with Crippen LogP contribution in [0.3, 0.4) is 0 Å². The molecule has 6 nitrogen and oxygen atoms in total. The second-order valence-electron chi connectivity index (χ2n) is 18.1. The summed E-state index contributed by atoms with van der Waals surface area (Å²) < 4.78 is 16.7. The van der Waals surface area contributed by atoms with Crippen molar-refractivity contribution < 1.29 is 28.6 Å². The minimum absolute atomic E-state index is 0.0800. The van der Waals surface area contributed by atoms with E-state index in [4.69, 9.17) is 14.2 Å². The summed E-state index contributed by atoms with van der Waals surface area (Å²) >= 11 is 0. The Morgan fingerprint density at radius 3 is 0.968 bits per heavy atom. The van der Waals surface area contributed by atoms with Gasteiger partial charge in [0, 0.05) is 19.3 Å². The molecule has 1 atom stereocenters. The van der Waals surface area contributed by atoms with Crippen LogP contribution in [0, 0.1) is 0 Å². The van der Waals surface area contributed by atoms with Crippen LogP contribution in [-0.4, -0.2) is 37.2 Å². The molecule has 63 heavy (non-hydrogen) atoms. The van der Waals surface area contributed by atoms with E-state index >= 15 is 0 Å². The summed E-state index contributed by atoms with van der Waals surface area (Å²) in [7, 11) is 0. The Kier molecular flexibility index (Phi) is 49.8. The van der Waals surface area contributed by atoms with E-state index in [0.29, 0.717) is 19.3 Å². The molecule has 0 fully saturated rings. The highest BCUT2D eigenvalue weighted by Gasteiger charge is 2.19. The molecule has 0 aromatic carbocycles. The summed E-state index contributed by atoms with van der Waals surface area (Å²) in [6.45, 7) is 6.49. The van der Waals surface area contributed by atoms with Gasteiger partial charge in [0.1, 0.15) is 13.2 Å². The monoisotopic (exact) mass is 883 g/mol. The third kappa shape index (κ3) is 50.2. The maximum absolute atomic E-state index is 12.8. The lowest BCUT2D eigenvalue weighted by Gasteiger charge is -2.18. The van der Waals surface area contributed by atoms with Gasteiger partial charge >= 0.3 is 17.9 Å². The molecule has 0 aliphatic carbocycles. The minimum atomic E-state index is -0.780. The SMILES string of the molecule is CC/C=C\C/C=C\C/C=C\C/C=C\CCCCCCC(=O)OC(COC(=O)CCCCCCCCC)COC(=O)CCCCCCCCCCCCCCCCCCCCCCC. The van der Waals surface area contributed by atoms with Crippen molar-refractivity contribution in [2.75, 3.05) is 13.2 Å². The van der Waals surface area contributed by atoms with Crippen molar-refractivity contribution in [1.29, 1.82) is 0 Å². The Labute approximate surface area is 390 Å². The second-order valence-corrected chi connectivity index (χ2v) is 18.1. The van der Waals surface area contributed by atoms with Crippen molar-refractivity contribution in [2.24, 2.45) is 0 Å². The summed E-state index contributed by atoms with van der Waals surface area (Å²) in [5.74, 6) is -0.900. The maximum atomic E-state index is 12.8. The van der Waals surface area contributed by atoms with Crippen molar-refractivity contribution in [1.82, 2.24) is 0 Å². The van der Waals surface area contributed by atoms with Crippen LogP contribution in [0.2, 0.25) is 0 Å². The van der Waals surface area contributed by atoms with E-state index in [9.17, 15) is 14.4 Å². The average Bonchev–Trinajstić information content (AvgIpc) is 3.28. The van der Waals surface area contributed by atoms with Gasteiger partial charge in [0.15, 0.2) is 6.10 Å². The van der Waals surface area contributed by atoms with E-state index in [1.54, 1.807) is 0 Å². The first-order valence-corrected chi connectivity index (χ1v) is 27.1. The number of allylic oxidation sites excluding steroid dienone is 8. The summed E-state index contributed by atoms with van der Waals surface area (Å²) in [4.78, 5) is 37.9. The molecule has 0 bridgehead atoms. The zero-order valence-electron chi connectivity index (χ0n) is 41.8. The number of ether oxygens (including phenoxy) is 3. The van der Waals surface area contributed by atoms with Crippen LogP contribution in [0.5, 0.6) is 0 Å². The largest absolute Gasteiger partial charge is 0.462 e. The molecule has 0 rings (SSSR count). The van der Waals surface area contributed by atoms with E-state index in [0.717, 1.165) is 96.3 Å². The molecule has 0 aliphatic heterocycles. The van der Waals surface area contributed by atoms with Crippen LogP contribution < -0.4 is 0 Å². The van der Waals surface area contributed by atoms with Crippen LogP contribution in [0.15, 0.2) is 48.6 Å². The molecule has 0 saturated carbocycles. The Bertz CT molecular complexity index is 1110. The Balaban J connectivity index is 4.21. The van der Waals surface area contributed by atoms with Crippen molar-refractivity contribution in [2.45, 2.75) is 284 Å². The average molecular weight is 883 g/mol. The predicted octanol–water partition coefficient (Wildman–Crippen LogP) is 17.9. The molecular weight excluding hydrogens is 781 g/mol. The number of hydrogen-bond donors (Lipinski definition) is 0. The number of rotatable bonds is 49. The third-order valence-corrected chi connectivity index (χ3v) is 11.8. The molecule has 0 aliphatic rings. The molecule has 0 N–H and O–H groups in total. The fourth-order valence-electron chi connectivity index (χ4n) is 7.79. The number of unbranched alkanes of at least 4 members (excludes halogenated alkanes) is 30. The maximum Gasteiger partial charge on any atom is 0.306 e. The minimum Gasteiger partial charge on any atom is -0.462 e. The summed E-state index contributed by atoms with van der Waals surface area (Å²) in [5, 5.41) is 0. The van der Waals surface area contributed by atoms with Gasteiger partial charge in [-0.1, -0.05) is 249 Å². The van der Waals surface area contributed by atoms with Crippen molar-refractivity contribution in [3.05, 3.63) is 48.6 Å². The van der Waals surface area contributed by atoms with E-state index in [2.05, 4.69) is 69.4 Å². The topological polar surface area (TPSA) is 78.9 Å². The molecule has 1 unspecified atom stereocenters. The van der Waals surface area contributed by atoms with E-state index < -0.39 is 6.10 Å². The first-order chi connectivity index (χ1) is 31.0. The summed E-state index contributed by atoms with van der Waals surface area (Å²) in [6, 6.07) is 0. The van der Waals surface area contributed by atoms with Gasteiger partial charge in [-0.3, -0.25) is 14.4 Å². The molecule has 0 radical (unpaired) electrons. The van der Waals surface area contributed by atoms with Crippen molar-refractivity contribution in [3.63, 3.8) is 0 Å². The summed E-state index contributed by atoms with van der Waals surface area (Å²) in [5.41, 5.74) is 0. The lowest BCUT2D eigenvalue weighted by atomic mass is 10.0. The first-order valence-electron chi connectivity index (χ1n) is 27.1. The Morgan fingerprint density at radius 2 is 0.619 bits per heavy atom. The predicted molar refractivity (Wildman–Crippen MR) is 270 cm³/mol. The van der Waals surface area contributed by atoms with Gasteiger partial charge in [-0.05, 0) is 57.8 Å². The Morgan fingerprint density at radius 1 is 0.333 bits per heavy atom.